The van der Waals surface area contributed by atoms with Crippen LogP contribution in [0.1, 0.15) is 39.9 Å². The fourth-order valence-corrected chi connectivity index (χ4v) is 6.03. The third-order valence-corrected chi connectivity index (χ3v) is 8.40. The molecule has 1 heterocycles. The quantitative estimate of drug-likeness (QED) is 0.672. The van der Waals surface area contributed by atoms with Crippen LogP contribution in [0.15, 0.2) is 41.3 Å². The van der Waals surface area contributed by atoms with Crippen molar-refractivity contribution in [2.24, 2.45) is 0 Å². The van der Waals surface area contributed by atoms with E-state index in [9.17, 15) is 18.0 Å². The summed E-state index contributed by atoms with van der Waals surface area (Å²) in [6, 6.07) is 9.63. The van der Waals surface area contributed by atoms with Gasteiger partial charge in [0.25, 0.3) is 5.91 Å². The molecule has 1 saturated heterocycles. The van der Waals surface area contributed by atoms with E-state index in [0.29, 0.717) is 28.4 Å². The molecule has 1 atom stereocenters. The van der Waals surface area contributed by atoms with Gasteiger partial charge in [0.1, 0.15) is 6.04 Å². The molecular formula is C23H27N3O4S2. The second-order valence-electron chi connectivity index (χ2n) is 8.45. The first kappa shape index (κ1) is 22.8. The zero-order chi connectivity index (χ0) is 23.0. The number of benzene rings is 2. The van der Waals surface area contributed by atoms with Gasteiger partial charge in [-0.15, -0.1) is 11.8 Å². The van der Waals surface area contributed by atoms with Gasteiger partial charge in [0, 0.05) is 23.0 Å². The number of hydrogen-bond donors (Lipinski definition) is 2. The van der Waals surface area contributed by atoms with Crippen LogP contribution >= 0.6 is 11.8 Å². The molecule has 4 rings (SSSR count). The maximum atomic E-state index is 13.4. The summed E-state index contributed by atoms with van der Waals surface area (Å²) in [7, 11) is -3.68. The van der Waals surface area contributed by atoms with Gasteiger partial charge in [-0.3, -0.25) is 9.59 Å². The van der Waals surface area contributed by atoms with Crippen molar-refractivity contribution in [1.29, 1.82) is 0 Å². The smallest absolute Gasteiger partial charge is 0.255 e. The van der Waals surface area contributed by atoms with Gasteiger partial charge in [-0.2, -0.15) is 0 Å². The maximum Gasteiger partial charge on any atom is 0.255 e. The van der Waals surface area contributed by atoms with E-state index in [1.165, 1.54) is 28.8 Å². The molecule has 2 fully saturated rings. The van der Waals surface area contributed by atoms with Crippen molar-refractivity contribution in [2.45, 2.75) is 50.6 Å². The molecule has 2 amide bonds. The highest BCUT2D eigenvalue weighted by Crippen LogP contribution is 2.28. The number of nitrogens with zero attached hydrogens (tertiary/aromatic N) is 1. The minimum Gasteiger partial charge on any atom is -0.324 e. The molecule has 0 aromatic heterocycles. The Hall–Kier alpha value is -2.36. The van der Waals surface area contributed by atoms with E-state index in [1.54, 1.807) is 13.0 Å². The number of nitrogens with one attached hydrogen (secondary N) is 2. The van der Waals surface area contributed by atoms with E-state index in [2.05, 4.69) is 10.0 Å². The van der Waals surface area contributed by atoms with Crippen LogP contribution in [0, 0.1) is 20.8 Å². The number of anilines is 1. The second kappa shape index (κ2) is 8.88. The minimum absolute atomic E-state index is 0.0195. The molecule has 2 aliphatic rings. The molecule has 9 heteroatoms. The summed E-state index contributed by atoms with van der Waals surface area (Å²) >= 11 is 1.50. The van der Waals surface area contributed by atoms with Crippen molar-refractivity contribution in [3.63, 3.8) is 0 Å². The maximum absolute atomic E-state index is 13.4. The number of sulfonamides is 1. The largest absolute Gasteiger partial charge is 0.324 e. The topological polar surface area (TPSA) is 95.6 Å². The summed E-state index contributed by atoms with van der Waals surface area (Å²) in [4.78, 5) is 27.9. The number of carbonyl (C=O) groups is 2. The van der Waals surface area contributed by atoms with Crippen LogP contribution in [0.5, 0.6) is 0 Å². The van der Waals surface area contributed by atoms with Crippen molar-refractivity contribution in [3.8, 4) is 0 Å². The van der Waals surface area contributed by atoms with Gasteiger partial charge in [-0.1, -0.05) is 12.1 Å². The zero-order valence-corrected chi connectivity index (χ0v) is 20.0. The molecule has 0 radical (unpaired) electrons. The lowest BCUT2D eigenvalue weighted by atomic mass is 10.1. The number of aryl methyl sites for hydroxylation is 3. The molecular weight excluding hydrogens is 446 g/mol. The number of carbonyl (C=O) groups excluding carboxylic acids is 2. The van der Waals surface area contributed by atoms with Crippen molar-refractivity contribution in [2.75, 3.05) is 16.9 Å². The van der Waals surface area contributed by atoms with Gasteiger partial charge in [0.05, 0.1) is 10.8 Å². The lowest BCUT2D eigenvalue weighted by Gasteiger charge is -2.24. The standard InChI is InChI=1S/C23H27N3O4S2/c1-14-4-6-18(10-16(14)3)24-22(27)21-12-31-13-26(21)23(28)20-11-19(9-5-15(20)2)32(29,30)25-17-7-8-17/h4-6,9-11,17,21,25H,7-8,12-13H2,1-3H3,(H,24,27). The SMILES string of the molecule is Cc1ccc(NC(=O)C2CSCN2C(=O)c2cc(S(=O)(=O)NC3CC3)ccc2C)cc1C. The molecule has 1 aliphatic heterocycles. The Morgan fingerprint density at radius 3 is 2.41 bits per heavy atom. The normalized spacial score (nSPS) is 18.6. The van der Waals surface area contributed by atoms with Gasteiger partial charge in [-0.25, -0.2) is 13.1 Å². The molecule has 2 N–H and O–H groups in total. The molecule has 1 aliphatic carbocycles. The van der Waals surface area contributed by atoms with E-state index in [-0.39, 0.29) is 22.8 Å². The summed E-state index contributed by atoms with van der Waals surface area (Å²) in [5, 5.41) is 2.91. The Labute approximate surface area is 193 Å². The van der Waals surface area contributed by atoms with E-state index in [4.69, 9.17) is 0 Å². The predicted molar refractivity (Wildman–Crippen MR) is 126 cm³/mol. The monoisotopic (exact) mass is 473 g/mol. The van der Waals surface area contributed by atoms with Gasteiger partial charge in [-0.05, 0) is 74.6 Å². The van der Waals surface area contributed by atoms with Crippen LogP contribution in [0.3, 0.4) is 0 Å². The Kier molecular flexibility index (Phi) is 6.33. The van der Waals surface area contributed by atoms with Crippen molar-refractivity contribution in [3.05, 3.63) is 58.7 Å². The van der Waals surface area contributed by atoms with Gasteiger partial charge >= 0.3 is 0 Å². The first-order valence-electron chi connectivity index (χ1n) is 10.6. The summed E-state index contributed by atoms with van der Waals surface area (Å²) < 4.78 is 27.9. The number of thioether (sulfide) groups is 1. The van der Waals surface area contributed by atoms with Crippen LogP contribution in [-0.2, 0) is 14.8 Å². The van der Waals surface area contributed by atoms with Gasteiger partial charge in [0.2, 0.25) is 15.9 Å². The average molecular weight is 474 g/mol. The Balaban J connectivity index is 1.54. The van der Waals surface area contributed by atoms with Crippen molar-refractivity contribution < 1.29 is 18.0 Å². The summed E-state index contributed by atoms with van der Waals surface area (Å²) in [6.45, 7) is 5.76. The Morgan fingerprint density at radius 1 is 1.00 bits per heavy atom. The minimum atomic E-state index is -3.68. The summed E-state index contributed by atoms with van der Waals surface area (Å²) in [6.07, 6.45) is 1.67. The first-order valence-corrected chi connectivity index (χ1v) is 13.2. The van der Waals surface area contributed by atoms with E-state index >= 15 is 0 Å². The Morgan fingerprint density at radius 2 is 1.72 bits per heavy atom. The van der Waals surface area contributed by atoms with Crippen molar-refractivity contribution in [1.82, 2.24) is 9.62 Å². The molecule has 2 aromatic carbocycles. The Bertz CT molecular complexity index is 1180. The van der Waals surface area contributed by atoms with Crippen LogP contribution in [-0.4, -0.2) is 48.8 Å². The predicted octanol–water partition coefficient (Wildman–Crippen LogP) is 3.21. The van der Waals surface area contributed by atoms with E-state index in [0.717, 1.165) is 24.0 Å². The molecule has 0 spiro atoms. The highest BCUT2D eigenvalue weighted by molar-refractivity contribution is 7.99. The van der Waals surface area contributed by atoms with Gasteiger partial charge < -0.3 is 10.2 Å². The van der Waals surface area contributed by atoms with Crippen LogP contribution in [0.25, 0.3) is 0 Å². The lowest BCUT2D eigenvalue weighted by Crippen LogP contribution is -2.44. The van der Waals surface area contributed by atoms with Crippen LogP contribution in [0.4, 0.5) is 5.69 Å². The first-order chi connectivity index (χ1) is 15.2. The summed E-state index contributed by atoms with van der Waals surface area (Å²) in [5.74, 6) is 0.281. The zero-order valence-electron chi connectivity index (χ0n) is 18.3. The second-order valence-corrected chi connectivity index (χ2v) is 11.2. The van der Waals surface area contributed by atoms with Gasteiger partial charge in [0.15, 0.2) is 0 Å². The molecule has 0 bridgehead atoms. The highest BCUT2D eigenvalue weighted by atomic mass is 32.2. The third kappa shape index (κ3) is 4.84. The molecule has 1 saturated carbocycles. The summed E-state index contributed by atoms with van der Waals surface area (Å²) in [5.41, 5.74) is 3.88. The van der Waals surface area contributed by atoms with Crippen LogP contribution in [0.2, 0.25) is 0 Å². The molecule has 1 unspecified atom stereocenters. The molecule has 170 valence electrons. The van der Waals surface area contributed by atoms with Crippen molar-refractivity contribution >= 4 is 39.3 Å². The fraction of sp³-hybridized carbons (Fsp3) is 0.391. The third-order valence-electron chi connectivity index (χ3n) is 5.87. The lowest BCUT2D eigenvalue weighted by molar-refractivity contribution is -0.119. The molecule has 7 nitrogen and oxygen atoms in total. The molecule has 2 aromatic rings. The van der Waals surface area contributed by atoms with E-state index in [1.807, 2.05) is 32.0 Å². The highest BCUT2D eigenvalue weighted by Gasteiger charge is 2.36. The molecule has 32 heavy (non-hydrogen) atoms. The number of rotatable bonds is 6. The average Bonchev–Trinajstić information content (AvgIpc) is 3.40. The van der Waals surface area contributed by atoms with E-state index < -0.39 is 16.1 Å². The fourth-order valence-electron chi connectivity index (χ4n) is 3.55. The number of hydrogen-bond acceptors (Lipinski definition) is 5. The number of amides is 2. The van der Waals surface area contributed by atoms with Crippen LogP contribution < -0.4 is 10.0 Å².